The minimum atomic E-state index is -0.0438. The summed E-state index contributed by atoms with van der Waals surface area (Å²) in [6.07, 6.45) is 5.96. The van der Waals surface area contributed by atoms with E-state index in [4.69, 9.17) is 0 Å². The molecule has 1 saturated heterocycles. The Morgan fingerprint density at radius 2 is 2.00 bits per heavy atom. The van der Waals surface area contributed by atoms with E-state index in [2.05, 4.69) is 34.4 Å². The Balaban J connectivity index is 1.22. The number of rotatable bonds is 4. The third-order valence-corrected chi connectivity index (χ3v) is 7.75. The molecule has 0 saturated carbocycles. The first kappa shape index (κ1) is 20.0. The van der Waals surface area contributed by atoms with Crippen molar-refractivity contribution in [2.75, 3.05) is 13.1 Å². The Hall–Kier alpha value is -2.93. The lowest BCUT2D eigenvalue weighted by Gasteiger charge is -2.32. The molecule has 1 N–H and O–H groups in total. The Morgan fingerprint density at radius 3 is 2.81 bits per heavy atom. The van der Waals surface area contributed by atoms with Crippen molar-refractivity contribution < 1.29 is 4.79 Å². The fourth-order valence-electron chi connectivity index (χ4n) is 4.68. The number of likely N-dealkylation sites (tertiary alicyclic amines) is 1. The molecule has 3 aromatic heterocycles. The number of nitrogens with zero attached hydrogens (tertiary/aromatic N) is 3. The summed E-state index contributed by atoms with van der Waals surface area (Å²) in [5, 5.41) is 1.98. The second kappa shape index (κ2) is 7.96. The predicted molar refractivity (Wildman–Crippen MR) is 125 cm³/mol. The molecule has 31 heavy (non-hydrogen) atoms. The van der Waals surface area contributed by atoms with Gasteiger partial charge in [0.2, 0.25) is 5.91 Å². The number of fused-ring (bicyclic) bond motifs is 2. The van der Waals surface area contributed by atoms with Gasteiger partial charge in [0, 0.05) is 48.0 Å². The van der Waals surface area contributed by atoms with Gasteiger partial charge in [0.05, 0.1) is 11.7 Å². The van der Waals surface area contributed by atoms with Crippen molar-refractivity contribution in [3.8, 4) is 0 Å². The van der Waals surface area contributed by atoms with Crippen molar-refractivity contribution in [1.29, 1.82) is 0 Å². The molecule has 0 atom stereocenters. The number of amides is 1. The number of aromatic nitrogens is 3. The first-order valence-corrected chi connectivity index (χ1v) is 11.6. The molecule has 4 aromatic rings. The topological polar surface area (TPSA) is 71.0 Å². The number of thiophene rings is 1. The van der Waals surface area contributed by atoms with Crippen LogP contribution in [-0.4, -0.2) is 38.4 Å². The summed E-state index contributed by atoms with van der Waals surface area (Å²) < 4.78 is 1.58. The van der Waals surface area contributed by atoms with Crippen LogP contribution in [0.5, 0.6) is 0 Å². The van der Waals surface area contributed by atoms with E-state index in [0.29, 0.717) is 24.3 Å². The molecule has 5 rings (SSSR count). The van der Waals surface area contributed by atoms with Gasteiger partial charge in [-0.1, -0.05) is 18.2 Å². The molecule has 0 unspecified atom stereocenters. The van der Waals surface area contributed by atoms with Crippen LogP contribution < -0.4 is 5.56 Å². The highest BCUT2D eigenvalue weighted by molar-refractivity contribution is 7.18. The van der Waals surface area contributed by atoms with Crippen LogP contribution in [0.15, 0.2) is 41.6 Å². The highest BCUT2D eigenvalue weighted by Crippen LogP contribution is 2.33. The molecule has 0 spiro atoms. The molecule has 0 aliphatic carbocycles. The smallest absolute Gasteiger partial charge is 0.262 e. The predicted octanol–water partition coefficient (Wildman–Crippen LogP) is 4.35. The summed E-state index contributed by atoms with van der Waals surface area (Å²) >= 11 is 1.55. The van der Waals surface area contributed by atoms with E-state index in [1.54, 1.807) is 22.2 Å². The maximum Gasteiger partial charge on any atom is 0.262 e. The number of piperidine rings is 1. The number of aryl methyl sites for hydroxylation is 3. The zero-order valence-electron chi connectivity index (χ0n) is 17.9. The SMILES string of the molecule is Cc1sc2ncn(CCC(=O)N3CCC(c4c[nH]c5ccccc45)CC3)c(=O)c2c1C. The van der Waals surface area contributed by atoms with Crippen molar-refractivity contribution in [2.45, 2.75) is 45.6 Å². The minimum absolute atomic E-state index is 0.0438. The van der Waals surface area contributed by atoms with Gasteiger partial charge in [-0.25, -0.2) is 4.98 Å². The van der Waals surface area contributed by atoms with Gasteiger partial charge in [-0.2, -0.15) is 0 Å². The number of aromatic amines is 1. The molecule has 0 bridgehead atoms. The van der Waals surface area contributed by atoms with E-state index < -0.39 is 0 Å². The molecule has 6 nitrogen and oxygen atoms in total. The van der Waals surface area contributed by atoms with Crippen molar-refractivity contribution in [3.05, 3.63) is 63.1 Å². The first-order valence-electron chi connectivity index (χ1n) is 10.8. The number of carbonyl (C=O) groups excluding carboxylic acids is 1. The average molecular weight is 435 g/mol. The Morgan fingerprint density at radius 1 is 1.23 bits per heavy atom. The zero-order chi connectivity index (χ0) is 21.5. The molecule has 1 aliphatic rings. The zero-order valence-corrected chi connectivity index (χ0v) is 18.7. The van der Waals surface area contributed by atoms with E-state index in [-0.39, 0.29) is 11.5 Å². The van der Waals surface area contributed by atoms with Crippen molar-refractivity contribution >= 4 is 38.4 Å². The lowest BCUT2D eigenvalue weighted by molar-refractivity contribution is -0.132. The van der Waals surface area contributed by atoms with E-state index in [9.17, 15) is 9.59 Å². The molecule has 4 heterocycles. The van der Waals surface area contributed by atoms with Gasteiger partial charge in [0.1, 0.15) is 4.83 Å². The number of para-hydroxylation sites is 1. The molecule has 1 aromatic carbocycles. The van der Waals surface area contributed by atoms with Crippen molar-refractivity contribution in [2.24, 2.45) is 0 Å². The van der Waals surface area contributed by atoms with Gasteiger partial charge in [-0.15, -0.1) is 11.3 Å². The van der Waals surface area contributed by atoms with Gasteiger partial charge in [0.15, 0.2) is 0 Å². The molecule has 160 valence electrons. The van der Waals surface area contributed by atoms with Crippen LogP contribution in [0.25, 0.3) is 21.1 Å². The van der Waals surface area contributed by atoms with Crippen LogP contribution in [0.4, 0.5) is 0 Å². The molecular formula is C24H26N4O2S. The van der Waals surface area contributed by atoms with Crippen molar-refractivity contribution in [3.63, 3.8) is 0 Å². The summed E-state index contributed by atoms with van der Waals surface area (Å²) in [6.45, 7) is 5.87. The first-order chi connectivity index (χ1) is 15.0. The molecule has 1 fully saturated rings. The van der Waals surface area contributed by atoms with Gasteiger partial charge in [-0.3, -0.25) is 14.2 Å². The summed E-state index contributed by atoms with van der Waals surface area (Å²) in [5.41, 5.74) is 3.48. The monoisotopic (exact) mass is 434 g/mol. The Kier molecular flexibility index (Phi) is 5.14. The molecule has 0 radical (unpaired) electrons. The Labute approximate surface area is 184 Å². The second-order valence-corrected chi connectivity index (χ2v) is 9.60. The summed E-state index contributed by atoms with van der Waals surface area (Å²) in [6, 6.07) is 8.39. The number of hydrogen-bond donors (Lipinski definition) is 1. The number of H-pyrrole nitrogens is 1. The van der Waals surface area contributed by atoms with Crippen LogP contribution >= 0.6 is 11.3 Å². The second-order valence-electron chi connectivity index (χ2n) is 8.40. The fraction of sp³-hybridized carbons (Fsp3) is 0.375. The lowest BCUT2D eigenvalue weighted by Crippen LogP contribution is -2.38. The number of hydrogen-bond acceptors (Lipinski definition) is 4. The third-order valence-electron chi connectivity index (χ3n) is 6.63. The van der Waals surface area contributed by atoms with Crippen LogP contribution in [0, 0.1) is 13.8 Å². The minimum Gasteiger partial charge on any atom is -0.361 e. The van der Waals surface area contributed by atoms with Crippen LogP contribution in [-0.2, 0) is 11.3 Å². The molecule has 1 amide bonds. The molecule has 7 heteroatoms. The quantitative estimate of drug-likeness (QED) is 0.519. The average Bonchev–Trinajstić information content (AvgIpc) is 3.34. The lowest BCUT2D eigenvalue weighted by atomic mass is 9.89. The maximum absolute atomic E-state index is 12.8. The maximum atomic E-state index is 12.8. The van der Waals surface area contributed by atoms with Crippen LogP contribution in [0.2, 0.25) is 0 Å². The highest BCUT2D eigenvalue weighted by Gasteiger charge is 2.25. The summed E-state index contributed by atoms with van der Waals surface area (Å²) in [5.74, 6) is 0.585. The molecule has 1 aliphatic heterocycles. The Bertz CT molecular complexity index is 1320. The normalized spacial score (nSPS) is 15.2. The van der Waals surface area contributed by atoms with Gasteiger partial charge in [-0.05, 0) is 49.8 Å². The number of nitrogens with one attached hydrogen (secondary N) is 1. The van der Waals surface area contributed by atoms with Gasteiger partial charge in [0.25, 0.3) is 5.56 Å². The van der Waals surface area contributed by atoms with E-state index in [0.717, 1.165) is 41.2 Å². The van der Waals surface area contributed by atoms with Crippen LogP contribution in [0.3, 0.4) is 0 Å². The van der Waals surface area contributed by atoms with Gasteiger partial charge >= 0.3 is 0 Å². The number of benzene rings is 1. The van der Waals surface area contributed by atoms with E-state index in [1.807, 2.05) is 24.8 Å². The third kappa shape index (κ3) is 3.57. The van der Waals surface area contributed by atoms with E-state index >= 15 is 0 Å². The summed E-state index contributed by atoms with van der Waals surface area (Å²) in [7, 11) is 0. The summed E-state index contributed by atoms with van der Waals surface area (Å²) in [4.78, 5) is 37.3. The fourth-order valence-corrected chi connectivity index (χ4v) is 5.66. The van der Waals surface area contributed by atoms with Crippen molar-refractivity contribution in [1.82, 2.24) is 19.4 Å². The standard InChI is InChI=1S/C24H26N4O2S/c1-15-16(2)31-23-22(15)24(30)28(14-26-23)12-9-21(29)27-10-7-17(8-11-27)19-13-25-20-6-4-3-5-18(19)20/h3-6,13-14,17,25H,7-12H2,1-2H3. The van der Waals surface area contributed by atoms with E-state index in [1.165, 1.54) is 16.5 Å². The number of carbonyl (C=O) groups is 1. The highest BCUT2D eigenvalue weighted by atomic mass is 32.1. The molecular weight excluding hydrogens is 408 g/mol. The largest absolute Gasteiger partial charge is 0.361 e. The van der Waals surface area contributed by atoms with Crippen LogP contribution in [0.1, 0.15) is 41.2 Å². The van der Waals surface area contributed by atoms with Gasteiger partial charge < -0.3 is 9.88 Å².